The SMILES string of the molecule is CC(C)COc1ccc(OCC(C)C)c(Oc2cnc(N)nc2N)c1. The van der Waals surface area contributed by atoms with Crippen LogP contribution in [0.4, 0.5) is 11.8 Å². The van der Waals surface area contributed by atoms with Gasteiger partial charge in [-0.05, 0) is 24.0 Å². The number of benzene rings is 1. The minimum atomic E-state index is 0.0927. The van der Waals surface area contributed by atoms with Crippen LogP contribution < -0.4 is 25.7 Å². The second-order valence-corrected chi connectivity index (χ2v) is 6.60. The van der Waals surface area contributed by atoms with Crippen LogP contribution in [0.3, 0.4) is 0 Å². The second-order valence-electron chi connectivity index (χ2n) is 6.60. The molecule has 0 saturated heterocycles. The highest BCUT2D eigenvalue weighted by Crippen LogP contribution is 2.36. The first kappa shape index (κ1) is 18.6. The molecule has 0 saturated carbocycles. The number of hydrogen-bond donors (Lipinski definition) is 2. The first-order chi connectivity index (χ1) is 11.8. The standard InChI is InChI=1S/C18H26N4O3/c1-11(2)9-23-13-5-6-14(24-10-12(3)4)15(7-13)25-16-8-21-18(20)22-17(16)19/h5-8,11-12H,9-10H2,1-4H3,(H4,19,20,21,22). The predicted molar refractivity (Wildman–Crippen MR) is 98.0 cm³/mol. The van der Waals surface area contributed by atoms with Crippen molar-refractivity contribution in [3.8, 4) is 23.0 Å². The predicted octanol–water partition coefficient (Wildman–Crippen LogP) is 3.50. The zero-order valence-electron chi connectivity index (χ0n) is 15.2. The summed E-state index contributed by atoms with van der Waals surface area (Å²) in [7, 11) is 0. The molecule has 25 heavy (non-hydrogen) atoms. The van der Waals surface area contributed by atoms with Crippen LogP contribution in [0, 0.1) is 11.8 Å². The molecule has 1 aromatic carbocycles. The van der Waals surface area contributed by atoms with E-state index in [0.717, 1.165) is 0 Å². The van der Waals surface area contributed by atoms with Crippen molar-refractivity contribution in [3.63, 3.8) is 0 Å². The Balaban J connectivity index is 2.27. The fraction of sp³-hybridized carbons (Fsp3) is 0.444. The molecule has 0 fully saturated rings. The Bertz CT molecular complexity index is 705. The topological polar surface area (TPSA) is 106 Å². The number of nitrogens with zero attached hydrogens (tertiary/aromatic N) is 2. The summed E-state index contributed by atoms with van der Waals surface area (Å²) in [6, 6.07) is 5.45. The van der Waals surface area contributed by atoms with Crippen LogP contribution in [-0.2, 0) is 0 Å². The van der Waals surface area contributed by atoms with E-state index in [9.17, 15) is 0 Å². The second kappa shape index (κ2) is 8.41. The van der Waals surface area contributed by atoms with Gasteiger partial charge >= 0.3 is 0 Å². The molecule has 0 atom stereocenters. The van der Waals surface area contributed by atoms with Crippen LogP contribution in [-0.4, -0.2) is 23.2 Å². The van der Waals surface area contributed by atoms with Gasteiger partial charge in [0.15, 0.2) is 23.1 Å². The normalized spacial score (nSPS) is 11.0. The maximum absolute atomic E-state index is 5.86. The number of anilines is 2. The molecule has 1 heterocycles. The lowest BCUT2D eigenvalue weighted by Crippen LogP contribution is -2.07. The van der Waals surface area contributed by atoms with Crippen molar-refractivity contribution in [2.24, 2.45) is 11.8 Å². The summed E-state index contributed by atoms with van der Waals surface area (Å²) in [5, 5.41) is 0. The summed E-state index contributed by atoms with van der Waals surface area (Å²) < 4.78 is 17.5. The molecule has 136 valence electrons. The van der Waals surface area contributed by atoms with Crippen molar-refractivity contribution in [1.82, 2.24) is 9.97 Å². The van der Waals surface area contributed by atoms with Gasteiger partial charge in [0.1, 0.15) is 5.75 Å². The van der Waals surface area contributed by atoms with Gasteiger partial charge in [0.25, 0.3) is 0 Å². The number of nitrogen functional groups attached to an aromatic ring is 2. The third-order valence-corrected chi connectivity index (χ3v) is 3.09. The maximum atomic E-state index is 5.86. The Morgan fingerprint density at radius 2 is 1.60 bits per heavy atom. The first-order valence-electron chi connectivity index (χ1n) is 8.30. The molecule has 0 unspecified atom stereocenters. The smallest absolute Gasteiger partial charge is 0.222 e. The summed E-state index contributed by atoms with van der Waals surface area (Å²) in [6.07, 6.45) is 1.44. The molecule has 0 radical (unpaired) electrons. The van der Waals surface area contributed by atoms with Gasteiger partial charge < -0.3 is 25.7 Å². The summed E-state index contributed by atoms with van der Waals surface area (Å²) in [4.78, 5) is 7.81. The van der Waals surface area contributed by atoms with Gasteiger partial charge in [-0.2, -0.15) is 4.98 Å². The highest BCUT2D eigenvalue weighted by Gasteiger charge is 2.13. The highest BCUT2D eigenvalue weighted by molar-refractivity contribution is 5.53. The van der Waals surface area contributed by atoms with Crippen LogP contribution in [0.2, 0.25) is 0 Å². The third kappa shape index (κ3) is 5.70. The summed E-state index contributed by atoms with van der Waals surface area (Å²) in [5.41, 5.74) is 11.4. The molecular formula is C18H26N4O3. The zero-order valence-corrected chi connectivity index (χ0v) is 15.2. The van der Waals surface area contributed by atoms with Crippen molar-refractivity contribution in [1.29, 1.82) is 0 Å². The molecule has 2 aromatic rings. The zero-order chi connectivity index (χ0) is 18.4. The van der Waals surface area contributed by atoms with E-state index in [1.54, 1.807) is 6.07 Å². The molecule has 4 N–H and O–H groups in total. The van der Waals surface area contributed by atoms with Crippen molar-refractivity contribution in [3.05, 3.63) is 24.4 Å². The van der Waals surface area contributed by atoms with Gasteiger partial charge in [0.05, 0.1) is 19.4 Å². The lowest BCUT2D eigenvalue weighted by atomic mass is 10.2. The monoisotopic (exact) mass is 346 g/mol. The number of rotatable bonds is 8. The van der Waals surface area contributed by atoms with Gasteiger partial charge in [-0.25, -0.2) is 4.98 Å². The van der Waals surface area contributed by atoms with Crippen LogP contribution in [0.5, 0.6) is 23.0 Å². The molecule has 0 spiro atoms. The molecule has 1 aromatic heterocycles. The fourth-order valence-electron chi connectivity index (χ4n) is 1.89. The molecule has 7 heteroatoms. The Morgan fingerprint density at radius 3 is 2.24 bits per heavy atom. The van der Waals surface area contributed by atoms with E-state index in [1.807, 2.05) is 12.1 Å². The van der Waals surface area contributed by atoms with E-state index in [4.69, 9.17) is 25.7 Å². The Kier molecular flexibility index (Phi) is 6.27. The minimum absolute atomic E-state index is 0.0927. The Morgan fingerprint density at radius 1 is 0.920 bits per heavy atom. The first-order valence-corrected chi connectivity index (χ1v) is 8.30. The summed E-state index contributed by atoms with van der Waals surface area (Å²) in [6.45, 7) is 9.50. The molecule has 0 aliphatic carbocycles. The van der Waals surface area contributed by atoms with Crippen molar-refractivity contribution >= 4 is 11.8 Å². The van der Waals surface area contributed by atoms with E-state index in [-0.39, 0.29) is 11.8 Å². The molecule has 0 aliphatic rings. The fourth-order valence-corrected chi connectivity index (χ4v) is 1.89. The molecule has 0 bridgehead atoms. The average molecular weight is 346 g/mol. The number of ether oxygens (including phenoxy) is 3. The quantitative estimate of drug-likeness (QED) is 0.753. The van der Waals surface area contributed by atoms with Crippen LogP contribution >= 0.6 is 0 Å². The lowest BCUT2D eigenvalue weighted by molar-refractivity contribution is 0.255. The Hall–Kier alpha value is -2.70. The van der Waals surface area contributed by atoms with Gasteiger partial charge in [-0.3, -0.25) is 0 Å². The number of hydrogen-bond acceptors (Lipinski definition) is 7. The molecule has 2 rings (SSSR count). The van der Waals surface area contributed by atoms with Gasteiger partial charge in [0, 0.05) is 6.07 Å². The van der Waals surface area contributed by atoms with E-state index in [1.165, 1.54) is 6.20 Å². The number of aromatic nitrogens is 2. The van der Waals surface area contributed by atoms with Crippen molar-refractivity contribution in [2.75, 3.05) is 24.7 Å². The van der Waals surface area contributed by atoms with Gasteiger partial charge in [-0.15, -0.1) is 0 Å². The third-order valence-electron chi connectivity index (χ3n) is 3.09. The maximum Gasteiger partial charge on any atom is 0.222 e. The van der Waals surface area contributed by atoms with Crippen LogP contribution in [0.25, 0.3) is 0 Å². The molecule has 0 aliphatic heterocycles. The van der Waals surface area contributed by atoms with Crippen molar-refractivity contribution in [2.45, 2.75) is 27.7 Å². The van der Waals surface area contributed by atoms with E-state index in [2.05, 4.69) is 37.7 Å². The van der Waals surface area contributed by atoms with E-state index < -0.39 is 0 Å². The molecular weight excluding hydrogens is 320 g/mol. The van der Waals surface area contributed by atoms with Crippen LogP contribution in [0.15, 0.2) is 24.4 Å². The molecule has 7 nitrogen and oxygen atoms in total. The molecule has 0 amide bonds. The van der Waals surface area contributed by atoms with E-state index >= 15 is 0 Å². The number of nitrogens with two attached hydrogens (primary N) is 2. The minimum Gasteiger partial charge on any atom is -0.493 e. The van der Waals surface area contributed by atoms with Crippen molar-refractivity contribution < 1.29 is 14.2 Å². The summed E-state index contributed by atoms with van der Waals surface area (Å²) in [5.74, 6) is 3.15. The largest absolute Gasteiger partial charge is 0.493 e. The lowest BCUT2D eigenvalue weighted by Gasteiger charge is -2.16. The van der Waals surface area contributed by atoms with Gasteiger partial charge in [0.2, 0.25) is 5.95 Å². The average Bonchev–Trinajstić information content (AvgIpc) is 2.54. The van der Waals surface area contributed by atoms with Crippen LogP contribution in [0.1, 0.15) is 27.7 Å². The summed E-state index contributed by atoms with van der Waals surface area (Å²) >= 11 is 0. The van der Waals surface area contributed by atoms with Gasteiger partial charge in [-0.1, -0.05) is 27.7 Å². The highest BCUT2D eigenvalue weighted by atomic mass is 16.5. The Labute approximate surface area is 148 Å². The van der Waals surface area contributed by atoms with E-state index in [0.29, 0.717) is 48.0 Å².